The van der Waals surface area contributed by atoms with Gasteiger partial charge in [-0.1, -0.05) is 26.0 Å². The maximum absolute atomic E-state index is 13.1. The van der Waals surface area contributed by atoms with E-state index < -0.39 is 23.8 Å². The molecular weight excluding hydrogens is 346 g/mol. The van der Waals surface area contributed by atoms with Crippen LogP contribution < -0.4 is 0 Å². The van der Waals surface area contributed by atoms with Crippen molar-refractivity contribution in [3.05, 3.63) is 35.4 Å². The molecule has 1 aromatic rings. The second kappa shape index (κ2) is 8.33. The van der Waals surface area contributed by atoms with E-state index in [1.54, 1.807) is 43.0 Å². The van der Waals surface area contributed by atoms with E-state index in [9.17, 15) is 19.2 Å². The Balaban J connectivity index is 2.25. The Morgan fingerprint density at radius 3 is 1.89 bits per heavy atom. The minimum atomic E-state index is -0.952. The molecule has 1 unspecified atom stereocenters. The molecule has 0 spiro atoms. The third kappa shape index (κ3) is 3.86. The van der Waals surface area contributed by atoms with Gasteiger partial charge in [0.15, 0.2) is 0 Å². The third-order valence-electron chi connectivity index (χ3n) is 4.85. The summed E-state index contributed by atoms with van der Waals surface area (Å²) in [5, 5.41) is 0. The van der Waals surface area contributed by atoms with E-state index in [4.69, 9.17) is 0 Å². The van der Waals surface area contributed by atoms with Crippen molar-refractivity contribution in [2.24, 2.45) is 5.92 Å². The lowest BCUT2D eigenvalue weighted by molar-refractivity contribution is -0.142. The van der Waals surface area contributed by atoms with Gasteiger partial charge in [-0.05, 0) is 31.9 Å². The zero-order chi connectivity index (χ0) is 20.3. The molecule has 0 N–H and O–H groups in total. The van der Waals surface area contributed by atoms with Gasteiger partial charge in [-0.25, -0.2) is 0 Å². The van der Waals surface area contributed by atoms with Gasteiger partial charge in [-0.15, -0.1) is 0 Å². The predicted molar refractivity (Wildman–Crippen MR) is 101 cm³/mol. The standard InChI is InChI=1S/C20H27N3O4/c1-6-22(7-2)16(24)12-21(5)20(27)17(13(3)4)23-18(25)14-10-8-9-11-15(14)19(23)26/h8-11,13,17H,6-7,12H2,1-5H3. The number of carbonyl (C=O) groups is 4. The number of hydrogen-bond donors (Lipinski definition) is 0. The molecule has 0 aliphatic carbocycles. The van der Waals surface area contributed by atoms with Gasteiger partial charge < -0.3 is 9.80 Å². The van der Waals surface area contributed by atoms with Gasteiger partial charge in [0.25, 0.3) is 11.8 Å². The molecule has 1 heterocycles. The van der Waals surface area contributed by atoms with E-state index in [0.717, 1.165) is 4.90 Å². The van der Waals surface area contributed by atoms with Crippen molar-refractivity contribution >= 4 is 23.6 Å². The van der Waals surface area contributed by atoms with Crippen LogP contribution in [0.25, 0.3) is 0 Å². The van der Waals surface area contributed by atoms with Crippen LogP contribution in [0.3, 0.4) is 0 Å². The van der Waals surface area contributed by atoms with Crippen LogP contribution in [0, 0.1) is 5.92 Å². The summed E-state index contributed by atoms with van der Waals surface area (Å²) in [6.45, 7) is 8.34. The molecule has 27 heavy (non-hydrogen) atoms. The van der Waals surface area contributed by atoms with E-state index >= 15 is 0 Å². The number of amides is 4. The summed E-state index contributed by atoms with van der Waals surface area (Å²) in [4.78, 5) is 54.9. The third-order valence-corrected chi connectivity index (χ3v) is 4.85. The molecule has 146 valence electrons. The zero-order valence-corrected chi connectivity index (χ0v) is 16.6. The summed E-state index contributed by atoms with van der Waals surface area (Å²) in [5.74, 6) is -1.80. The number of fused-ring (bicyclic) bond motifs is 1. The highest BCUT2D eigenvalue weighted by Crippen LogP contribution is 2.27. The highest BCUT2D eigenvalue weighted by atomic mass is 16.2. The lowest BCUT2D eigenvalue weighted by atomic mass is 10.0. The van der Waals surface area contributed by atoms with Crippen LogP contribution >= 0.6 is 0 Å². The zero-order valence-electron chi connectivity index (χ0n) is 16.6. The van der Waals surface area contributed by atoms with E-state index in [1.165, 1.54) is 11.9 Å². The molecule has 7 heteroatoms. The van der Waals surface area contributed by atoms with E-state index in [1.807, 2.05) is 13.8 Å². The normalized spacial score (nSPS) is 14.4. The molecule has 0 saturated carbocycles. The van der Waals surface area contributed by atoms with Gasteiger partial charge in [0.05, 0.1) is 17.7 Å². The van der Waals surface area contributed by atoms with Crippen molar-refractivity contribution in [2.45, 2.75) is 33.7 Å². The van der Waals surface area contributed by atoms with Crippen molar-refractivity contribution in [2.75, 3.05) is 26.7 Å². The highest BCUT2D eigenvalue weighted by Gasteiger charge is 2.44. The lowest BCUT2D eigenvalue weighted by Gasteiger charge is -2.32. The molecule has 1 aliphatic heterocycles. The van der Waals surface area contributed by atoms with Gasteiger partial charge in [0.2, 0.25) is 11.8 Å². The first-order valence-corrected chi connectivity index (χ1v) is 9.24. The van der Waals surface area contributed by atoms with Crippen molar-refractivity contribution in [1.29, 1.82) is 0 Å². The number of benzene rings is 1. The maximum atomic E-state index is 13.1. The molecule has 0 aromatic heterocycles. The van der Waals surface area contributed by atoms with E-state index in [2.05, 4.69) is 0 Å². The summed E-state index contributed by atoms with van der Waals surface area (Å²) in [6, 6.07) is 5.60. The van der Waals surface area contributed by atoms with Gasteiger partial charge in [0, 0.05) is 20.1 Å². The first-order chi connectivity index (χ1) is 12.7. The Morgan fingerprint density at radius 1 is 1.00 bits per heavy atom. The van der Waals surface area contributed by atoms with Gasteiger partial charge in [-0.3, -0.25) is 24.1 Å². The second-order valence-corrected chi connectivity index (χ2v) is 6.98. The molecule has 1 aromatic carbocycles. The Labute approximate surface area is 159 Å². The van der Waals surface area contributed by atoms with Crippen LogP contribution in [0.5, 0.6) is 0 Å². The first-order valence-electron chi connectivity index (χ1n) is 9.24. The predicted octanol–water partition coefficient (Wildman–Crippen LogP) is 1.63. The maximum Gasteiger partial charge on any atom is 0.262 e. The highest BCUT2D eigenvalue weighted by molar-refractivity contribution is 6.22. The average Bonchev–Trinajstić information content (AvgIpc) is 2.88. The fourth-order valence-electron chi connectivity index (χ4n) is 3.34. The molecule has 1 aliphatic rings. The topological polar surface area (TPSA) is 78.0 Å². The van der Waals surface area contributed by atoms with Crippen LogP contribution in [0.1, 0.15) is 48.4 Å². The van der Waals surface area contributed by atoms with Crippen molar-refractivity contribution in [3.8, 4) is 0 Å². The Hall–Kier alpha value is -2.70. The SMILES string of the molecule is CCN(CC)C(=O)CN(C)C(=O)C(C(C)C)N1C(=O)c2ccccc2C1=O. The molecule has 1 atom stereocenters. The lowest BCUT2D eigenvalue weighted by Crippen LogP contribution is -2.54. The molecule has 4 amide bonds. The number of carbonyl (C=O) groups excluding carboxylic acids is 4. The molecule has 7 nitrogen and oxygen atoms in total. The van der Waals surface area contributed by atoms with Gasteiger partial charge in [-0.2, -0.15) is 0 Å². The van der Waals surface area contributed by atoms with Crippen LogP contribution in [0.4, 0.5) is 0 Å². The summed E-state index contributed by atoms with van der Waals surface area (Å²) >= 11 is 0. The Kier molecular flexibility index (Phi) is 6.36. The van der Waals surface area contributed by atoms with Crippen molar-refractivity contribution in [1.82, 2.24) is 14.7 Å². The van der Waals surface area contributed by atoms with Crippen LogP contribution in [-0.2, 0) is 9.59 Å². The quantitative estimate of drug-likeness (QED) is 0.681. The monoisotopic (exact) mass is 373 g/mol. The van der Waals surface area contributed by atoms with Gasteiger partial charge >= 0.3 is 0 Å². The Morgan fingerprint density at radius 2 is 1.48 bits per heavy atom. The van der Waals surface area contributed by atoms with Crippen LogP contribution in [0.2, 0.25) is 0 Å². The summed E-state index contributed by atoms with van der Waals surface area (Å²) in [5.41, 5.74) is 0.616. The molecule has 0 bridgehead atoms. The summed E-state index contributed by atoms with van der Waals surface area (Å²) in [7, 11) is 1.53. The largest absolute Gasteiger partial charge is 0.342 e. The number of likely N-dealkylation sites (N-methyl/N-ethyl adjacent to an activating group) is 2. The summed E-state index contributed by atoms with van der Waals surface area (Å²) < 4.78 is 0. The second-order valence-electron chi connectivity index (χ2n) is 6.98. The van der Waals surface area contributed by atoms with Crippen LogP contribution in [-0.4, -0.2) is 71.1 Å². The van der Waals surface area contributed by atoms with E-state index in [0.29, 0.717) is 24.2 Å². The minimum absolute atomic E-state index is 0.0904. The van der Waals surface area contributed by atoms with Gasteiger partial charge in [0.1, 0.15) is 6.04 Å². The Bertz CT molecular complexity index is 720. The fraction of sp³-hybridized carbons (Fsp3) is 0.500. The summed E-state index contributed by atoms with van der Waals surface area (Å²) in [6.07, 6.45) is 0. The van der Waals surface area contributed by atoms with E-state index in [-0.39, 0.29) is 18.4 Å². The fourth-order valence-corrected chi connectivity index (χ4v) is 3.34. The number of imide groups is 1. The molecule has 2 rings (SSSR count). The first kappa shape index (κ1) is 20.6. The molecule has 0 saturated heterocycles. The average molecular weight is 373 g/mol. The molecular formula is C20H27N3O4. The van der Waals surface area contributed by atoms with Crippen molar-refractivity contribution < 1.29 is 19.2 Å². The number of rotatable bonds is 7. The van der Waals surface area contributed by atoms with Crippen molar-refractivity contribution in [3.63, 3.8) is 0 Å². The minimum Gasteiger partial charge on any atom is -0.342 e. The smallest absolute Gasteiger partial charge is 0.262 e. The number of hydrogen-bond acceptors (Lipinski definition) is 4. The number of nitrogens with zero attached hydrogens (tertiary/aromatic N) is 3. The molecule has 0 fully saturated rings. The molecule has 0 radical (unpaired) electrons. The van der Waals surface area contributed by atoms with Crippen LogP contribution in [0.15, 0.2) is 24.3 Å².